The van der Waals surface area contributed by atoms with E-state index in [1.807, 2.05) is 24.3 Å². The van der Waals surface area contributed by atoms with Gasteiger partial charge in [0.05, 0.1) is 16.8 Å². The molecular weight excluding hydrogens is 280 g/mol. The number of aryl methyl sites for hydroxylation is 1. The van der Waals surface area contributed by atoms with Crippen LogP contribution in [-0.2, 0) is 6.42 Å². The van der Waals surface area contributed by atoms with Gasteiger partial charge in [0.1, 0.15) is 0 Å². The molecule has 3 heteroatoms. The van der Waals surface area contributed by atoms with E-state index in [1.54, 1.807) is 0 Å². The van der Waals surface area contributed by atoms with Crippen molar-refractivity contribution in [2.75, 3.05) is 5.32 Å². The van der Waals surface area contributed by atoms with Gasteiger partial charge in [0.2, 0.25) is 0 Å². The van der Waals surface area contributed by atoms with Gasteiger partial charge < -0.3 is 10.3 Å². The summed E-state index contributed by atoms with van der Waals surface area (Å²) in [6, 6.07) is 16.8. The Morgan fingerprint density at radius 3 is 2.76 bits per heavy atom. The van der Waals surface area contributed by atoms with E-state index < -0.39 is 0 Å². The summed E-state index contributed by atoms with van der Waals surface area (Å²) in [5.74, 6) is 0. The fourth-order valence-electron chi connectivity index (χ4n) is 3.33. The van der Waals surface area contributed by atoms with Crippen molar-refractivity contribution in [2.24, 2.45) is 0 Å². The molecule has 1 atom stereocenters. The van der Waals surface area contributed by atoms with E-state index in [2.05, 4.69) is 34.6 Å². The van der Waals surface area contributed by atoms with Crippen LogP contribution in [-0.4, -0.2) is 4.98 Å². The Balaban J connectivity index is 1.75. The summed E-state index contributed by atoms with van der Waals surface area (Å²) in [5.41, 5.74) is 5.02. The van der Waals surface area contributed by atoms with E-state index in [4.69, 9.17) is 11.6 Å². The summed E-state index contributed by atoms with van der Waals surface area (Å²) in [6.45, 7) is 0. The number of rotatable bonds is 2. The molecule has 0 fully saturated rings. The number of fused-ring (bicyclic) bond motifs is 3. The Hall–Kier alpha value is -1.93. The van der Waals surface area contributed by atoms with Gasteiger partial charge in [-0.25, -0.2) is 0 Å². The third-order valence-corrected chi connectivity index (χ3v) is 4.65. The average Bonchev–Trinajstić information content (AvgIpc) is 2.89. The molecule has 0 saturated heterocycles. The summed E-state index contributed by atoms with van der Waals surface area (Å²) >= 11 is 6.28. The maximum Gasteiger partial charge on any atom is 0.0666 e. The highest BCUT2D eigenvalue weighted by atomic mass is 35.5. The Bertz CT molecular complexity index is 791. The lowest BCUT2D eigenvalue weighted by Crippen LogP contribution is -2.17. The maximum absolute atomic E-state index is 6.28. The fourth-order valence-corrected chi connectivity index (χ4v) is 3.52. The van der Waals surface area contributed by atoms with Gasteiger partial charge in [0, 0.05) is 16.6 Å². The molecule has 1 aromatic heterocycles. The molecule has 2 aromatic carbocycles. The van der Waals surface area contributed by atoms with Crippen molar-refractivity contribution >= 4 is 28.2 Å². The number of aromatic nitrogens is 1. The molecule has 1 aliphatic rings. The van der Waals surface area contributed by atoms with E-state index in [0.717, 1.165) is 23.6 Å². The zero-order valence-electron chi connectivity index (χ0n) is 11.7. The van der Waals surface area contributed by atoms with Crippen LogP contribution in [0.5, 0.6) is 0 Å². The molecular formula is C18H17ClN2. The topological polar surface area (TPSA) is 27.8 Å². The predicted molar refractivity (Wildman–Crippen MR) is 89.1 cm³/mol. The van der Waals surface area contributed by atoms with Gasteiger partial charge >= 0.3 is 0 Å². The van der Waals surface area contributed by atoms with Crippen LogP contribution in [0, 0.1) is 0 Å². The second-order valence-electron chi connectivity index (χ2n) is 5.63. The van der Waals surface area contributed by atoms with Crippen LogP contribution in [0.1, 0.15) is 30.1 Å². The van der Waals surface area contributed by atoms with Crippen molar-refractivity contribution in [2.45, 2.75) is 25.3 Å². The molecule has 0 saturated carbocycles. The van der Waals surface area contributed by atoms with Crippen molar-refractivity contribution in [3.63, 3.8) is 0 Å². The standard InChI is InChI=1S/C18H17ClN2/c19-14-8-2-4-10-16(14)20-17-11-5-7-13-12-6-1-3-9-15(12)21-18(13)17/h1-4,6,8-10,17,20-21H,5,7,11H2. The number of anilines is 1. The van der Waals surface area contributed by atoms with Crippen LogP contribution in [0.4, 0.5) is 5.69 Å². The monoisotopic (exact) mass is 296 g/mol. The number of nitrogens with one attached hydrogen (secondary N) is 2. The van der Waals surface area contributed by atoms with Gasteiger partial charge in [-0.15, -0.1) is 0 Å². The molecule has 0 spiro atoms. The molecule has 2 nitrogen and oxygen atoms in total. The van der Waals surface area contributed by atoms with Gasteiger partial charge in [0.25, 0.3) is 0 Å². The Labute approximate surface area is 129 Å². The van der Waals surface area contributed by atoms with E-state index in [1.165, 1.54) is 28.6 Å². The van der Waals surface area contributed by atoms with Crippen LogP contribution >= 0.6 is 11.6 Å². The molecule has 0 bridgehead atoms. The van der Waals surface area contributed by atoms with E-state index >= 15 is 0 Å². The summed E-state index contributed by atoms with van der Waals surface area (Å²) in [7, 11) is 0. The first-order valence-corrected chi connectivity index (χ1v) is 7.81. The lowest BCUT2D eigenvalue weighted by atomic mass is 9.91. The first-order valence-electron chi connectivity index (χ1n) is 7.43. The smallest absolute Gasteiger partial charge is 0.0666 e. The molecule has 1 unspecified atom stereocenters. The molecule has 3 aromatic rings. The molecule has 0 aliphatic heterocycles. The molecule has 4 rings (SSSR count). The summed E-state index contributed by atoms with van der Waals surface area (Å²) in [5, 5.41) is 5.74. The highest BCUT2D eigenvalue weighted by Gasteiger charge is 2.24. The second-order valence-corrected chi connectivity index (χ2v) is 6.04. The Kier molecular flexibility index (Phi) is 3.12. The predicted octanol–water partition coefficient (Wildman–Crippen LogP) is 5.31. The second kappa shape index (κ2) is 5.12. The van der Waals surface area contributed by atoms with Crippen LogP contribution < -0.4 is 5.32 Å². The molecule has 106 valence electrons. The highest BCUT2D eigenvalue weighted by Crippen LogP contribution is 2.37. The summed E-state index contributed by atoms with van der Waals surface area (Å²) < 4.78 is 0. The summed E-state index contributed by atoms with van der Waals surface area (Å²) in [4.78, 5) is 3.60. The largest absolute Gasteiger partial charge is 0.376 e. The van der Waals surface area contributed by atoms with Crippen molar-refractivity contribution in [1.82, 2.24) is 4.98 Å². The molecule has 21 heavy (non-hydrogen) atoms. The Morgan fingerprint density at radius 1 is 1.05 bits per heavy atom. The maximum atomic E-state index is 6.28. The number of aromatic amines is 1. The highest BCUT2D eigenvalue weighted by molar-refractivity contribution is 6.33. The van der Waals surface area contributed by atoms with Crippen molar-refractivity contribution in [1.29, 1.82) is 0 Å². The molecule has 0 radical (unpaired) electrons. The molecule has 0 amide bonds. The minimum atomic E-state index is 0.307. The summed E-state index contributed by atoms with van der Waals surface area (Å²) in [6.07, 6.45) is 3.49. The zero-order chi connectivity index (χ0) is 14.2. The SMILES string of the molecule is Clc1ccccc1NC1CCCc2c1[nH]c1ccccc21. The van der Waals surface area contributed by atoms with Crippen molar-refractivity contribution < 1.29 is 0 Å². The zero-order valence-corrected chi connectivity index (χ0v) is 12.5. The minimum absolute atomic E-state index is 0.307. The van der Waals surface area contributed by atoms with Gasteiger partial charge in [-0.1, -0.05) is 41.9 Å². The number of hydrogen-bond acceptors (Lipinski definition) is 1. The lowest BCUT2D eigenvalue weighted by molar-refractivity contribution is 0.593. The fraction of sp³-hybridized carbons (Fsp3) is 0.222. The van der Waals surface area contributed by atoms with Crippen molar-refractivity contribution in [3.8, 4) is 0 Å². The number of halogens is 1. The minimum Gasteiger partial charge on any atom is -0.376 e. The number of benzene rings is 2. The number of para-hydroxylation sites is 2. The molecule has 1 heterocycles. The van der Waals surface area contributed by atoms with Gasteiger partial charge in [0.15, 0.2) is 0 Å². The third kappa shape index (κ3) is 2.20. The van der Waals surface area contributed by atoms with Crippen molar-refractivity contribution in [3.05, 3.63) is 64.8 Å². The third-order valence-electron chi connectivity index (χ3n) is 4.32. The van der Waals surface area contributed by atoms with Gasteiger partial charge in [-0.05, 0) is 43.0 Å². The van der Waals surface area contributed by atoms with Crippen LogP contribution in [0.2, 0.25) is 5.02 Å². The normalized spacial score (nSPS) is 17.7. The molecule has 2 N–H and O–H groups in total. The first kappa shape index (κ1) is 12.8. The average molecular weight is 297 g/mol. The lowest BCUT2D eigenvalue weighted by Gasteiger charge is -2.25. The van der Waals surface area contributed by atoms with Crippen LogP contribution in [0.3, 0.4) is 0 Å². The Morgan fingerprint density at radius 2 is 1.86 bits per heavy atom. The number of hydrogen-bond donors (Lipinski definition) is 2. The van der Waals surface area contributed by atoms with E-state index in [-0.39, 0.29) is 0 Å². The van der Waals surface area contributed by atoms with Gasteiger partial charge in [-0.2, -0.15) is 0 Å². The van der Waals surface area contributed by atoms with E-state index in [0.29, 0.717) is 6.04 Å². The first-order chi connectivity index (χ1) is 10.3. The van der Waals surface area contributed by atoms with Crippen LogP contribution in [0.25, 0.3) is 10.9 Å². The van der Waals surface area contributed by atoms with E-state index in [9.17, 15) is 0 Å². The number of H-pyrrole nitrogens is 1. The van der Waals surface area contributed by atoms with Crippen LogP contribution in [0.15, 0.2) is 48.5 Å². The molecule has 1 aliphatic carbocycles. The van der Waals surface area contributed by atoms with Gasteiger partial charge in [-0.3, -0.25) is 0 Å². The quantitative estimate of drug-likeness (QED) is 0.659.